The van der Waals surface area contributed by atoms with E-state index in [9.17, 15) is 8.78 Å². The van der Waals surface area contributed by atoms with Crippen molar-refractivity contribution in [2.24, 2.45) is 11.5 Å². The zero-order chi connectivity index (χ0) is 9.84. The summed E-state index contributed by atoms with van der Waals surface area (Å²) >= 11 is 0. The minimum absolute atomic E-state index is 0.312. The van der Waals surface area contributed by atoms with Gasteiger partial charge in [0.15, 0.2) is 0 Å². The van der Waals surface area contributed by atoms with Crippen LogP contribution >= 0.6 is 0 Å². The molecule has 0 saturated carbocycles. The third-order valence-corrected chi connectivity index (χ3v) is 1.84. The molecule has 0 aliphatic carbocycles. The van der Waals surface area contributed by atoms with Crippen molar-refractivity contribution in [1.82, 2.24) is 0 Å². The van der Waals surface area contributed by atoms with Crippen LogP contribution in [-0.4, -0.2) is 6.54 Å². The van der Waals surface area contributed by atoms with E-state index in [2.05, 4.69) is 0 Å². The lowest BCUT2D eigenvalue weighted by Crippen LogP contribution is -2.16. The molecule has 0 radical (unpaired) electrons. The summed E-state index contributed by atoms with van der Waals surface area (Å²) in [5.41, 5.74) is 11.2. The molecule has 2 nitrogen and oxygen atoms in total. The summed E-state index contributed by atoms with van der Waals surface area (Å²) in [4.78, 5) is 0. The van der Waals surface area contributed by atoms with Crippen molar-refractivity contribution in [2.75, 3.05) is 6.54 Å². The number of rotatable bonds is 3. The molecule has 72 valence electrons. The highest BCUT2D eigenvalue weighted by molar-refractivity contribution is 5.21. The molecule has 1 atom stereocenters. The number of hydrogen-bond donors (Lipinski definition) is 2. The van der Waals surface area contributed by atoms with Crippen molar-refractivity contribution in [3.63, 3.8) is 0 Å². The van der Waals surface area contributed by atoms with Gasteiger partial charge >= 0.3 is 0 Å². The lowest BCUT2D eigenvalue weighted by atomic mass is 10.0. The number of nitrogens with two attached hydrogens (primary N) is 2. The molecule has 0 fully saturated rings. The Kier molecular flexibility index (Phi) is 3.33. The molecule has 0 aromatic heterocycles. The van der Waals surface area contributed by atoms with Crippen molar-refractivity contribution in [3.8, 4) is 0 Å². The fraction of sp³-hybridized carbons (Fsp3) is 0.333. The van der Waals surface area contributed by atoms with E-state index in [1.807, 2.05) is 0 Å². The van der Waals surface area contributed by atoms with E-state index in [0.717, 1.165) is 6.07 Å². The first kappa shape index (κ1) is 10.1. The zero-order valence-corrected chi connectivity index (χ0v) is 7.13. The van der Waals surface area contributed by atoms with Crippen molar-refractivity contribution >= 4 is 0 Å². The third-order valence-electron chi connectivity index (χ3n) is 1.84. The largest absolute Gasteiger partial charge is 0.330 e. The fourth-order valence-electron chi connectivity index (χ4n) is 1.14. The average Bonchev–Trinajstić information content (AvgIpc) is 2.04. The van der Waals surface area contributed by atoms with Crippen LogP contribution in [-0.2, 0) is 0 Å². The normalized spacial score (nSPS) is 12.9. The van der Waals surface area contributed by atoms with Gasteiger partial charge in [-0.3, -0.25) is 0 Å². The first-order valence-electron chi connectivity index (χ1n) is 4.05. The van der Waals surface area contributed by atoms with Crippen LogP contribution in [0.15, 0.2) is 18.2 Å². The fourth-order valence-corrected chi connectivity index (χ4v) is 1.14. The monoisotopic (exact) mass is 186 g/mol. The Labute approximate surface area is 75.5 Å². The van der Waals surface area contributed by atoms with Crippen molar-refractivity contribution in [2.45, 2.75) is 12.5 Å². The van der Waals surface area contributed by atoms with Crippen molar-refractivity contribution < 1.29 is 8.78 Å². The molecule has 1 aromatic carbocycles. The van der Waals surface area contributed by atoms with Crippen LogP contribution in [0.2, 0.25) is 0 Å². The Bertz CT molecular complexity index is 289. The predicted octanol–water partition coefficient (Wildman–Crippen LogP) is 1.31. The maximum Gasteiger partial charge on any atom is 0.130 e. The average molecular weight is 186 g/mol. The molecule has 0 amide bonds. The Balaban J connectivity index is 2.88. The Morgan fingerprint density at radius 2 is 2.00 bits per heavy atom. The molecule has 0 bridgehead atoms. The lowest BCUT2D eigenvalue weighted by Gasteiger charge is -2.11. The molecule has 0 heterocycles. The van der Waals surface area contributed by atoms with Gasteiger partial charge in [0.25, 0.3) is 0 Å². The molecule has 4 N–H and O–H groups in total. The van der Waals surface area contributed by atoms with Gasteiger partial charge in [-0.05, 0) is 19.0 Å². The summed E-state index contributed by atoms with van der Waals surface area (Å²) < 4.78 is 25.6. The summed E-state index contributed by atoms with van der Waals surface area (Å²) in [6.07, 6.45) is 0.489. The van der Waals surface area contributed by atoms with Gasteiger partial charge in [-0.25, -0.2) is 8.78 Å². The van der Waals surface area contributed by atoms with Gasteiger partial charge in [-0.2, -0.15) is 0 Å². The third kappa shape index (κ3) is 2.47. The molecule has 0 spiro atoms. The molecule has 1 rings (SSSR count). The highest BCUT2D eigenvalue weighted by atomic mass is 19.1. The molecular weight excluding hydrogens is 174 g/mol. The first-order valence-corrected chi connectivity index (χ1v) is 4.05. The standard InChI is InChI=1S/C9H12F2N2/c10-6-1-2-7(8(11)5-6)9(13)3-4-12/h1-2,5,9H,3-4,12-13H2/t9-/m0/s1. The van der Waals surface area contributed by atoms with E-state index in [1.54, 1.807) is 0 Å². The van der Waals surface area contributed by atoms with E-state index >= 15 is 0 Å². The molecule has 0 unspecified atom stereocenters. The van der Waals surface area contributed by atoms with E-state index < -0.39 is 17.7 Å². The number of halogens is 2. The molecule has 0 saturated heterocycles. The van der Waals surface area contributed by atoms with E-state index in [0.29, 0.717) is 18.5 Å². The Morgan fingerprint density at radius 1 is 1.31 bits per heavy atom. The molecule has 1 aromatic rings. The lowest BCUT2D eigenvalue weighted by molar-refractivity contribution is 0.546. The van der Waals surface area contributed by atoms with Crippen LogP contribution in [0.5, 0.6) is 0 Å². The summed E-state index contributed by atoms with van der Waals surface area (Å²) in [5, 5.41) is 0. The predicted molar refractivity (Wildman–Crippen MR) is 47.0 cm³/mol. The number of hydrogen-bond acceptors (Lipinski definition) is 2. The number of benzene rings is 1. The van der Waals surface area contributed by atoms with Crippen molar-refractivity contribution in [3.05, 3.63) is 35.4 Å². The highest BCUT2D eigenvalue weighted by Crippen LogP contribution is 2.17. The second kappa shape index (κ2) is 4.30. The minimum atomic E-state index is -0.610. The zero-order valence-electron chi connectivity index (χ0n) is 7.13. The molecule has 13 heavy (non-hydrogen) atoms. The van der Waals surface area contributed by atoms with Crippen LogP contribution in [0.3, 0.4) is 0 Å². The SMILES string of the molecule is NCC[C@H](N)c1ccc(F)cc1F. The summed E-state index contributed by atoms with van der Waals surface area (Å²) in [6, 6.07) is 2.91. The van der Waals surface area contributed by atoms with Gasteiger partial charge in [0.1, 0.15) is 11.6 Å². The molecule has 4 heteroatoms. The maximum atomic E-state index is 13.1. The van der Waals surface area contributed by atoms with Gasteiger partial charge in [-0.15, -0.1) is 0 Å². The molecule has 0 aliphatic rings. The maximum absolute atomic E-state index is 13.1. The van der Waals surface area contributed by atoms with Gasteiger partial charge in [0.2, 0.25) is 0 Å². The van der Waals surface area contributed by atoms with Gasteiger partial charge in [0.05, 0.1) is 0 Å². The minimum Gasteiger partial charge on any atom is -0.330 e. The topological polar surface area (TPSA) is 52.0 Å². The van der Waals surface area contributed by atoms with Crippen LogP contribution < -0.4 is 11.5 Å². The van der Waals surface area contributed by atoms with Gasteiger partial charge in [-0.1, -0.05) is 6.07 Å². The van der Waals surface area contributed by atoms with Crippen LogP contribution in [0.1, 0.15) is 18.0 Å². The second-order valence-corrected chi connectivity index (χ2v) is 2.85. The Morgan fingerprint density at radius 3 is 2.54 bits per heavy atom. The summed E-state index contributed by atoms with van der Waals surface area (Å²) in [5.74, 6) is -1.21. The van der Waals surface area contributed by atoms with Crippen LogP contribution in [0, 0.1) is 11.6 Å². The van der Waals surface area contributed by atoms with Crippen LogP contribution in [0.25, 0.3) is 0 Å². The Hall–Kier alpha value is -1.00. The quantitative estimate of drug-likeness (QED) is 0.747. The van der Waals surface area contributed by atoms with E-state index in [1.165, 1.54) is 12.1 Å². The van der Waals surface area contributed by atoms with E-state index in [4.69, 9.17) is 11.5 Å². The first-order chi connectivity index (χ1) is 6.15. The molecule has 0 aliphatic heterocycles. The highest BCUT2D eigenvalue weighted by Gasteiger charge is 2.10. The smallest absolute Gasteiger partial charge is 0.130 e. The van der Waals surface area contributed by atoms with Crippen molar-refractivity contribution in [1.29, 1.82) is 0 Å². The van der Waals surface area contributed by atoms with Crippen LogP contribution in [0.4, 0.5) is 8.78 Å². The van der Waals surface area contributed by atoms with Gasteiger partial charge < -0.3 is 11.5 Å². The van der Waals surface area contributed by atoms with E-state index in [-0.39, 0.29) is 0 Å². The molecular formula is C9H12F2N2. The summed E-state index contributed by atoms with van der Waals surface area (Å²) in [6.45, 7) is 0.387. The second-order valence-electron chi connectivity index (χ2n) is 2.85. The summed E-state index contributed by atoms with van der Waals surface area (Å²) in [7, 11) is 0. The van der Waals surface area contributed by atoms with Gasteiger partial charge in [0, 0.05) is 17.7 Å².